The lowest BCUT2D eigenvalue weighted by atomic mass is 10.2. The third kappa shape index (κ3) is 4.53. The van der Waals surface area contributed by atoms with Crippen LogP contribution in [0.1, 0.15) is 26.2 Å². The van der Waals surface area contributed by atoms with Crippen molar-refractivity contribution in [1.29, 1.82) is 0 Å². The first kappa shape index (κ1) is 16.4. The van der Waals surface area contributed by atoms with Crippen LogP contribution in [0.15, 0.2) is 24.3 Å². The predicted molar refractivity (Wildman–Crippen MR) is 81.7 cm³/mol. The summed E-state index contributed by atoms with van der Waals surface area (Å²) in [6, 6.07) is 5.82. The molecule has 2 rings (SSSR count). The van der Waals surface area contributed by atoms with E-state index in [-0.39, 0.29) is 23.5 Å². The fraction of sp³-hybridized carbons (Fsp3) is 0.500. The molecule has 1 aliphatic rings. The molecule has 2 amide bonds. The maximum Gasteiger partial charge on any atom is 0.282 e. The van der Waals surface area contributed by atoms with Crippen LogP contribution in [0.4, 0.5) is 10.1 Å². The van der Waals surface area contributed by atoms with Crippen molar-refractivity contribution in [3.8, 4) is 0 Å². The molecule has 22 heavy (non-hydrogen) atoms. The first-order chi connectivity index (χ1) is 10.6. The number of carbonyl (C=O) groups is 2. The Hall–Kier alpha value is -1.95. The molecule has 6 heteroatoms. The van der Waals surface area contributed by atoms with E-state index >= 15 is 0 Å². The van der Waals surface area contributed by atoms with Gasteiger partial charge < -0.3 is 15.5 Å². The number of hydrogen-bond donors (Lipinski definition) is 2. The Morgan fingerprint density at radius 1 is 1.45 bits per heavy atom. The molecule has 5 nitrogen and oxygen atoms in total. The summed E-state index contributed by atoms with van der Waals surface area (Å²) in [6.07, 6.45) is 2.46. The number of carbonyl (C=O) groups excluding carboxylic acids is 2. The van der Waals surface area contributed by atoms with Gasteiger partial charge in [0, 0.05) is 25.9 Å². The summed E-state index contributed by atoms with van der Waals surface area (Å²) in [5, 5.41) is 4.50. The van der Waals surface area contributed by atoms with E-state index in [0.717, 1.165) is 32.5 Å². The molecule has 1 saturated heterocycles. The van der Waals surface area contributed by atoms with Crippen molar-refractivity contribution in [3.05, 3.63) is 30.1 Å². The largest absolute Gasteiger partial charge is 0.342 e. The molecule has 120 valence electrons. The molecule has 1 fully saturated rings. The number of nitrogens with one attached hydrogen (secondary N) is 1. The third-order valence-electron chi connectivity index (χ3n) is 3.87. The van der Waals surface area contributed by atoms with Gasteiger partial charge in [0.05, 0.1) is 12.2 Å². The van der Waals surface area contributed by atoms with E-state index in [2.05, 4.69) is 5.32 Å². The number of halogens is 1. The Bertz CT molecular complexity index is 536. The van der Waals surface area contributed by atoms with Crippen LogP contribution in [0.25, 0.3) is 0 Å². The van der Waals surface area contributed by atoms with Crippen LogP contribution in [-0.4, -0.2) is 42.4 Å². The second-order valence-corrected chi connectivity index (χ2v) is 5.62. The standard InChI is InChI=1S/C16H22FN3O2/c1-12(16(22)19-14-7-3-2-6-13(14)17)18-9-5-11-20-10-4-8-15(20)21/h2-3,6-7,12,18H,4-5,8-11H2,1H3,(H,19,22)/p+1/t12-/m1/s1. The Balaban J connectivity index is 1.68. The number of hydrogen-bond acceptors (Lipinski definition) is 2. The molecule has 3 N–H and O–H groups in total. The Kier molecular flexibility index (Phi) is 5.89. The SMILES string of the molecule is C[C@@H]([NH2+]CCCN1CCCC1=O)C(=O)Nc1ccccc1F. The minimum atomic E-state index is -0.435. The fourth-order valence-electron chi connectivity index (χ4n) is 2.51. The number of rotatable bonds is 7. The minimum Gasteiger partial charge on any atom is -0.342 e. The summed E-state index contributed by atoms with van der Waals surface area (Å²) in [7, 11) is 0. The van der Waals surface area contributed by atoms with Crippen molar-refractivity contribution in [3.63, 3.8) is 0 Å². The molecule has 0 bridgehead atoms. The fourth-order valence-corrected chi connectivity index (χ4v) is 2.51. The van der Waals surface area contributed by atoms with Gasteiger partial charge in [0.15, 0.2) is 6.04 Å². The zero-order valence-electron chi connectivity index (χ0n) is 12.8. The molecule has 1 heterocycles. The van der Waals surface area contributed by atoms with E-state index < -0.39 is 5.82 Å². The zero-order valence-corrected chi connectivity index (χ0v) is 12.8. The molecule has 1 aromatic carbocycles. The van der Waals surface area contributed by atoms with E-state index in [1.165, 1.54) is 6.07 Å². The maximum atomic E-state index is 13.5. The summed E-state index contributed by atoms with van der Waals surface area (Å²) in [5.74, 6) is -0.428. The highest BCUT2D eigenvalue weighted by molar-refractivity contribution is 5.93. The number of nitrogens with two attached hydrogens (primary N) is 1. The van der Waals surface area contributed by atoms with Crippen molar-refractivity contribution in [2.45, 2.75) is 32.2 Å². The van der Waals surface area contributed by atoms with Gasteiger partial charge in [-0.3, -0.25) is 9.59 Å². The number of para-hydroxylation sites is 1. The molecular weight excluding hydrogens is 285 g/mol. The van der Waals surface area contributed by atoms with E-state index in [1.54, 1.807) is 25.1 Å². The second-order valence-electron chi connectivity index (χ2n) is 5.62. The van der Waals surface area contributed by atoms with E-state index in [4.69, 9.17) is 0 Å². The molecule has 1 aliphatic heterocycles. The Morgan fingerprint density at radius 3 is 2.91 bits per heavy atom. The van der Waals surface area contributed by atoms with Crippen LogP contribution in [0.5, 0.6) is 0 Å². The van der Waals surface area contributed by atoms with Crippen molar-refractivity contribution < 1.29 is 19.3 Å². The lowest BCUT2D eigenvalue weighted by Crippen LogP contribution is -2.91. The molecule has 1 atom stereocenters. The van der Waals surface area contributed by atoms with Gasteiger partial charge in [-0.25, -0.2) is 4.39 Å². The zero-order chi connectivity index (χ0) is 15.9. The van der Waals surface area contributed by atoms with Crippen molar-refractivity contribution in [2.75, 3.05) is 25.0 Å². The van der Waals surface area contributed by atoms with E-state index in [9.17, 15) is 14.0 Å². The number of quaternary nitrogens is 1. The summed E-state index contributed by atoms with van der Waals surface area (Å²) in [5.41, 5.74) is 0.204. The van der Waals surface area contributed by atoms with Crippen molar-refractivity contribution >= 4 is 17.5 Å². The van der Waals surface area contributed by atoms with Crippen LogP contribution in [-0.2, 0) is 9.59 Å². The molecule has 0 radical (unpaired) electrons. The van der Waals surface area contributed by atoms with Gasteiger partial charge in [-0.15, -0.1) is 0 Å². The van der Waals surface area contributed by atoms with Gasteiger partial charge in [-0.05, 0) is 25.5 Å². The van der Waals surface area contributed by atoms with E-state index in [1.807, 2.05) is 10.2 Å². The molecular formula is C16H23FN3O2+. The molecule has 0 aliphatic carbocycles. The molecule has 0 aromatic heterocycles. The predicted octanol–water partition coefficient (Wildman–Crippen LogP) is 0.729. The molecule has 1 aromatic rings. The Morgan fingerprint density at radius 2 is 2.23 bits per heavy atom. The van der Waals surface area contributed by atoms with Crippen LogP contribution >= 0.6 is 0 Å². The number of benzene rings is 1. The quantitative estimate of drug-likeness (QED) is 0.729. The highest BCUT2D eigenvalue weighted by atomic mass is 19.1. The summed E-state index contributed by atoms with van der Waals surface area (Å²) in [6.45, 7) is 4.14. The average Bonchev–Trinajstić information content (AvgIpc) is 2.91. The summed E-state index contributed by atoms with van der Waals surface area (Å²) >= 11 is 0. The molecule has 0 unspecified atom stereocenters. The third-order valence-corrected chi connectivity index (χ3v) is 3.87. The van der Waals surface area contributed by atoms with E-state index in [0.29, 0.717) is 6.42 Å². The topological polar surface area (TPSA) is 66.0 Å². The highest BCUT2D eigenvalue weighted by Crippen LogP contribution is 2.12. The van der Waals surface area contributed by atoms with Gasteiger partial charge in [-0.1, -0.05) is 12.1 Å². The first-order valence-electron chi connectivity index (χ1n) is 7.74. The van der Waals surface area contributed by atoms with Crippen molar-refractivity contribution in [1.82, 2.24) is 4.90 Å². The lowest BCUT2D eigenvalue weighted by molar-refractivity contribution is -0.673. The molecule has 0 spiro atoms. The number of anilines is 1. The van der Waals surface area contributed by atoms with Crippen molar-refractivity contribution in [2.24, 2.45) is 0 Å². The summed E-state index contributed by atoms with van der Waals surface area (Å²) < 4.78 is 13.5. The number of amides is 2. The van der Waals surface area contributed by atoms with Gasteiger partial charge >= 0.3 is 0 Å². The minimum absolute atomic E-state index is 0.204. The lowest BCUT2D eigenvalue weighted by Gasteiger charge is -2.16. The van der Waals surface area contributed by atoms with Crippen LogP contribution in [0, 0.1) is 5.82 Å². The van der Waals surface area contributed by atoms with Gasteiger partial charge in [0.25, 0.3) is 5.91 Å². The average molecular weight is 308 g/mol. The van der Waals surface area contributed by atoms with Crippen LogP contribution in [0.3, 0.4) is 0 Å². The first-order valence-corrected chi connectivity index (χ1v) is 7.74. The van der Waals surface area contributed by atoms with Gasteiger partial charge in [0.2, 0.25) is 5.91 Å². The second kappa shape index (κ2) is 7.89. The maximum absolute atomic E-state index is 13.5. The Labute approximate surface area is 129 Å². The smallest absolute Gasteiger partial charge is 0.282 e. The monoisotopic (exact) mass is 308 g/mol. The van der Waals surface area contributed by atoms with Crippen LogP contribution in [0.2, 0.25) is 0 Å². The molecule has 0 saturated carbocycles. The van der Waals surface area contributed by atoms with Gasteiger partial charge in [-0.2, -0.15) is 0 Å². The normalized spacial score (nSPS) is 15.9. The van der Waals surface area contributed by atoms with Crippen LogP contribution < -0.4 is 10.6 Å². The number of likely N-dealkylation sites (tertiary alicyclic amines) is 1. The summed E-state index contributed by atoms with van der Waals surface area (Å²) in [4.78, 5) is 25.3. The number of nitrogens with zero attached hydrogens (tertiary/aromatic N) is 1. The van der Waals surface area contributed by atoms with Gasteiger partial charge in [0.1, 0.15) is 5.82 Å². The highest BCUT2D eigenvalue weighted by Gasteiger charge is 2.20.